The van der Waals surface area contributed by atoms with Crippen molar-refractivity contribution in [2.75, 3.05) is 31.1 Å². The number of aryl methyl sites for hydroxylation is 1. The topological polar surface area (TPSA) is 37.2 Å². The molecule has 2 aliphatic heterocycles. The van der Waals surface area contributed by atoms with Gasteiger partial charge in [0.25, 0.3) is 0 Å². The lowest BCUT2D eigenvalue weighted by Gasteiger charge is -2.32. The smallest absolute Gasteiger partial charge is 0.128 e. The van der Waals surface area contributed by atoms with E-state index < -0.39 is 0 Å². The highest BCUT2D eigenvalue weighted by atomic mass is 15.2. The van der Waals surface area contributed by atoms with Gasteiger partial charge in [0.1, 0.15) is 11.6 Å². The fourth-order valence-corrected chi connectivity index (χ4v) is 4.21. The van der Waals surface area contributed by atoms with Crippen LogP contribution in [0.5, 0.6) is 0 Å². The van der Waals surface area contributed by atoms with E-state index in [1.54, 1.807) is 0 Å². The molecule has 2 aromatic heterocycles. The van der Waals surface area contributed by atoms with Gasteiger partial charge >= 0.3 is 0 Å². The molecular formula is C20H29N5. The van der Waals surface area contributed by atoms with E-state index in [1.807, 2.05) is 12.4 Å². The number of hydrogen-bond donors (Lipinski definition) is 0. The van der Waals surface area contributed by atoms with Gasteiger partial charge in [-0.25, -0.2) is 9.97 Å². The van der Waals surface area contributed by atoms with E-state index in [4.69, 9.17) is 4.98 Å². The van der Waals surface area contributed by atoms with Crippen molar-refractivity contribution < 1.29 is 0 Å². The third kappa shape index (κ3) is 4.03. The molecule has 4 rings (SSSR count). The Morgan fingerprint density at radius 1 is 1.08 bits per heavy atom. The number of piperidine rings is 1. The zero-order valence-electron chi connectivity index (χ0n) is 15.3. The fraction of sp³-hybridized carbons (Fsp3) is 0.600. The van der Waals surface area contributed by atoms with Gasteiger partial charge in [0.2, 0.25) is 0 Å². The summed E-state index contributed by atoms with van der Waals surface area (Å²) in [6.07, 6.45) is 12.3. The van der Waals surface area contributed by atoms with Crippen molar-refractivity contribution in [3.63, 3.8) is 0 Å². The van der Waals surface area contributed by atoms with E-state index in [0.717, 1.165) is 31.9 Å². The summed E-state index contributed by atoms with van der Waals surface area (Å²) in [4.78, 5) is 14.2. The van der Waals surface area contributed by atoms with E-state index >= 15 is 0 Å². The molecule has 0 saturated carbocycles. The van der Waals surface area contributed by atoms with Crippen LogP contribution in [0.4, 0.5) is 5.82 Å². The van der Waals surface area contributed by atoms with E-state index in [9.17, 15) is 0 Å². The second-order valence-corrected chi connectivity index (χ2v) is 7.62. The largest absolute Gasteiger partial charge is 0.357 e. The quantitative estimate of drug-likeness (QED) is 0.839. The minimum Gasteiger partial charge on any atom is -0.357 e. The Labute approximate surface area is 150 Å². The van der Waals surface area contributed by atoms with Crippen LogP contribution in [0.25, 0.3) is 0 Å². The molecule has 0 unspecified atom stereocenters. The molecule has 134 valence electrons. The second-order valence-electron chi connectivity index (χ2n) is 7.62. The average Bonchev–Trinajstić information content (AvgIpc) is 3.29. The molecule has 5 heteroatoms. The van der Waals surface area contributed by atoms with Crippen LogP contribution in [0.15, 0.2) is 30.7 Å². The summed E-state index contributed by atoms with van der Waals surface area (Å²) in [6.45, 7) is 5.71. The summed E-state index contributed by atoms with van der Waals surface area (Å²) in [5.74, 6) is 3.07. The number of imidazole rings is 1. The maximum Gasteiger partial charge on any atom is 0.128 e. The summed E-state index contributed by atoms with van der Waals surface area (Å²) in [5, 5.41) is 0. The maximum atomic E-state index is 4.70. The Morgan fingerprint density at radius 3 is 2.68 bits per heavy atom. The van der Waals surface area contributed by atoms with Gasteiger partial charge in [-0.1, -0.05) is 6.07 Å². The zero-order chi connectivity index (χ0) is 17.1. The predicted octanol–water partition coefficient (Wildman–Crippen LogP) is 2.87. The zero-order valence-corrected chi connectivity index (χ0v) is 15.3. The maximum absolute atomic E-state index is 4.70. The Kier molecular flexibility index (Phi) is 5.02. The van der Waals surface area contributed by atoms with Crippen LogP contribution < -0.4 is 4.90 Å². The third-order valence-electron chi connectivity index (χ3n) is 5.64. The van der Waals surface area contributed by atoms with Crippen LogP contribution >= 0.6 is 0 Å². The number of nitrogens with zero attached hydrogens (tertiary/aromatic N) is 5. The van der Waals surface area contributed by atoms with Crippen molar-refractivity contribution in [2.24, 2.45) is 13.0 Å². The number of hydrogen-bond acceptors (Lipinski definition) is 4. The van der Waals surface area contributed by atoms with Crippen molar-refractivity contribution in [3.8, 4) is 0 Å². The molecule has 0 bridgehead atoms. The molecule has 0 spiro atoms. The van der Waals surface area contributed by atoms with Gasteiger partial charge in [0.05, 0.1) is 0 Å². The van der Waals surface area contributed by atoms with Crippen molar-refractivity contribution in [2.45, 2.75) is 38.6 Å². The van der Waals surface area contributed by atoms with Gasteiger partial charge in [0, 0.05) is 58.2 Å². The Morgan fingerprint density at radius 2 is 1.96 bits per heavy atom. The van der Waals surface area contributed by atoms with Gasteiger partial charge in [-0.05, 0) is 49.8 Å². The highest BCUT2D eigenvalue weighted by Gasteiger charge is 2.22. The molecule has 4 heterocycles. The number of anilines is 1. The summed E-state index contributed by atoms with van der Waals surface area (Å²) in [7, 11) is 2.09. The molecular weight excluding hydrogens is 310 g/mol. The van der Waals surface area contributed by atoms with E-state index in [0.29, 0.717) is 5.92 Å². The van der Waals surface area contributed by atoms with Crippen LogP contribution in [-0.2, 0) is 20.0 Å². The first-order valence-corrected chi connectivity index (χ1v) is 9.66. The minimum atomic E-state index is 0.715. The van der Waals surface area contributed by atoms with Crippen LogP contribution in [0.3, 0.4) is 0 Å². The average molecular weight is 339 g/mol. The van der Waals surface area contributed by atoms with Crippen molar-refractivity contribution in [1.29, 1.82) is 0 Å². The van der Waals surface area contributed by atoms with E-state index in [-0.39, 0.29) is 0 Å². The summed E-state index contributed by atoms with van der Waals surface area (Å²) in [6, 6.07) is 4.47. The lowest BCUT2D eigenvalue weighted by atomic mass is 9.94. The van der Waals surface area contributed by atoms with E-state index in [2.05, 4.69) is 44.7 Å². The van der Waals surface area contributed by atoms with Gasteiger partial charge < -0.3 is 9.47 Å². The highest BCUT2D eigenvalue weighted by Crippen LogP contribution is 2.22. The van der Waals surface area contributed by atoms with Gasteiger partial charge in [-0.15, -0.1) is 0 Å². The number of rotatable bonds is 5. The molecule has 0 amide bonds. The molecule has 0 N–H and O–H groups in total. The molecule has 2 saturated heterocycles. The summed E-state index contributed by atoms with van der Waals surface area (Å²) < 4.78 is 2.15. The van der Waals surface area contributed by atoms with Crippen LogP contribution in [0.1, 0.15) is 37.1 Å². The van der Waals surface area contributed by atoms with Crippen LogP contribution in [0, 0.1) is 5.92 Å². The normalized spacial score (nSPS) is 21.8. The van der Waals surface area contributed by atoms with E-state index in [1.165, 1.54) is 50.2 Å². The van der Waals surface area contributed by atoms with Crippen molar-refractivity contribution >= 4 is 5.82 Å². The molecule has 2 aromatic rings. The Bertz CT molecular complexity index is 672. The van der Waals surface area contributed by atoms with Gasteiger partial charge in [-0.2, -0.15) is 0 Å². The third-order valence-corrected chi connectivity index (χ3v) is 5.64. The molecule has 5 nitrogen and oxygen atoms in total. The predicted molar refractivity (Wildman–Crippen MR) is 101 cm³/mol. The Hall–Kier alpha value is -1.88. The molecule has 25 heavy (non-hydrogen) atoms. The van der Waals surface area contributed by atoms with Crippen molar-refractivity contribution in [3.05, 3.63) is 42.1 Å². The molecule has 1 atom stereocenters. The highest BCUT2D eigenvalue weighted by molar-refractivity contribution is 5.40. The standard InChI is InChI=1S/C20H29N5/c1-23-12-8-21-20(23)13-17-5-4-9-24(15-17)16-18-6-7-19(22-14-18)25-10-2-3-11-25/h6-8,12,14,17H,2-5,9-11,13,15-16H2,1H3/t17-/m0/s1. The molecule has 0 radical (unpaired) electrons. The Balaban J connectivity index is 1.33. The minimum absolute atomic E-state index is 0.715. The van der Waals surface area contributed by atoms with Crippen molar-refractivity contribution in [1.82, 2.24) is 19.4 Å². The lowest BCUT2D eigenvalue weighted by Crippen LogP contribution is -2.36. The first-order chi connectivity index (χ1) is 12.3. The molecule has 0 aliphatic carbocycles. The summed E-state index contributed by atoms with van der Waals surface area (Å²) in [5.41, 5.74) is 1.33. The monoisotopic (exact) mass is 339 g/mol. The lowest BCUT2D eigenvalue weighted by molar-refractivity contribution is 0.165. The first kappa shape index (κ1) is 16.6. The number of pyridine rings is 1. The molecule has 0 aromatic carbocycles. The molecule has 2 aliphatic rings. The van der Waals surface area contributed by atoms with Gasteiger partial charge in [0.15, 0.2) is 0 Å². The van der Waals surface area contributed by atoms with Crippen LogP contribution in [-0.4, -0.2) is 45.6 Å². The SMILES string of the molecule is Cn1ccnc1C[C@@H]1CCCN(Cc2ccc(N3CCCC3)nc2)C1. The first-order valence-electron chi connectivity index (χ1n) is 9.66. The second kappa shape index (κ2) is 7.56. The summed E-state index contributed by atoms with van der Waals surface area (Å²) >= 11 is 0. The number of aromatic nitrogens is 3. The number of likely N-dealkylation sites (tertiary alicyclic amines) is 1. The fourth-order valence-electron chi connectivity index (χ4n) is 4.21. The van der Waals surface area contributed by atoms with Crippen LogP contribution in [0.2, 0.25) is 0 Å². The molecule has 2 fully saturated rings. The van der Waals surface area contributed by atoms with Gasteiger partial charge in [-0.3, -0.25) is 4.90 Å².